The number of halogens is 3. The van der Waals surface area contributed by atoms with Crippen molar-refractivity contribution in [2.75, 3.05) is 31.6 Å². The molecule has 0 unspecified atom stereocenters. The van der Waals surface area contributed by atoms with Crippen LogP contribution in [0.15, 0.2) is 36.8 Å². The van der Waals surface area contributed by atoms with Gasteiger partial charge in [-0.2, -0.15) is 9.49 Å². The molecule has 2 aliphatic heterocycles. The second-order valence-corrected chi connectivity index (χ2v) is 10.3. The molecule has 2 atom stereocenters. The van der Waals surface area contributed by atoms with Crippen LogP contribution in [0.1, 0.15) is 35.2 Å². The van der Waals surface area contributed by atoms with Crippen molar-refractivity contribution in [2.45, 2.75) is 50.5 Å². The first kappa shape index (κ1) is 24.9. The smallest absolute Gasteiger partial charge is 0.254 e. The fourth-order valence-electron chi connectivity index (χ4n) is 4.97. The third kappa shape index (κ3) is 5.00. The van der Waals surface area contributed by atoms with E-state index in [9.17, 15) is 18.0 Å². The number of piperidine rings is 1. The van der Waals surface area contributed by atoms with Crippen LogP contribution in [0, 0.1) is 18.7 Å². The van der Waals surface area contributed by atoms with Crippen LogP contribution in [0.5, 0.6) is 0 Å². The summed E-state index contributed by atoms with van der Waals surface area (Å²) in [5, 5.41) is 10.3. The summed E-state index contributed by atoms with van der Waals surface area (Å²) in [6.07, 6.45) is 5.76. The van der Waals surface area contributed by atoms with Crippen molar-refractivity contribution in [2.24, 2.45) is 0 Å². The molecule has 1 amide bonds. The van der Waals surface area contributed by atoms with Gasteiger partial charge in [-0.15, -0.1) is 0 Å². The molecule has 0 spiro atoms. The Morgan fingerprint density at radius 3 is 2.66 bits per heavy atom. The van der Waals surface area contributed by atoms with Crippen molar-refractivity contribution >= 4 is 11.6 Å². The van der Waals surface area contributed by atoms with E-state index in [4.69, 9.17) is 4.74 Å². The number of pyridine rings is 1. The van der Waals surface area contributed by atoms with E-state index in [0.29, 0.717) is 54.7 Å². The molecule has 3 aliphatic rings. The van der Waals surface area contributed by atoms with E-state index < -0.39 is 29.9 Å². The molecule has 2 N–H and O–H groups in total. The van der Waals surface area contributed by atoms with Gasteiger partial charge in [0.05, 0.1) is 54.6 Å². The van der Waals surface area contributed by atoms with Crippen molar-refractivity contribution in [1.82, 2.24) is 25.0 Å². The molecule has 8 nitrogen and oxygen atoms in total. The molecule has 2 saturated heterocycles. The first-order valence-electron chi connectivity index (χ1n) is 12.9. The topological polar surface area (TPSA) is 84.3 Å². The van der Waals surface area contributed by atoms with E-state index in [0.717, 1.165) is 19.4 Å². The molecule has 3 aromatic rings. The zero-order valence-electron chi connectivity index (χ0n) is 21.0. The van der Waals surface area contributed by atoms with Gasteiger partial charge >= 0.3 is 0 Å². The summed E-state index contributed by atoms with van der Waals surface area (Å²) in [6, 6.07) is 4.32. The first-order valence-corrected chi connectivity index (χ1v) is 12.9. The van der Waals surface area contributed by atoms with Gasteiger partial charge in [0.2, 0.25) is 5.95 Å². The number of rotatable bonds is 7. The second-order valence-electron chi connectivity index (χ2n) is 10.3. The van der Waals surface area contributed by atoms with Crippen molar-refractivity contribution in [3.8, 4) is 16.8 Å². The number of amides is 1. The van der Waals surface area contributed by atoms with Gasteiger partial charge in [-0.25, -0.2) is 18.4 Å². The third-order valence-electron chi connectivity index (χ3n) is 7.48. The average Bonchev–Trinajstić information content (AvgIpc) is 3.53. The molecule has 1 aromatic carbocycles. The monoisotopic (exact) mass is 526 g/mol. The van der Waals surface area contributed by atoms with E-state index in [1.165, 1.54) is 29.2 Å². The minimum absolute atomic E-state index is 0.0646. The summed E-state index contributed by atoms with van der Waals surface area (Å²) < 4.78 is 50.9. The van der Waals surface area contributed by atoms with E-state index in [2.05, 4.69) is 25.6 Å². The zero-order chi connectivity index (χ0) is 26.4. The molecular weight excluding hydrogens is 497 g/mol. The summed E-state index contributed by atoms with van der Waals surface area (Å²) >= 11 is 0. The lowest BCUT2D eigenvalue weighted by molar-refractivity contribution is -0.0794. The largest absolute Gasteiger partial charge is 0.378 e. The number of likely N-dealkylation sites (tertiary alicyclic amines) is 1. The minimum atomic E-state index is -1.08. The Morgan fingerprint density at radius 1 is 1.13 bits per heavy atom. The van der Waals surface area contributed by atoms with Gasteiger partial charge in [0.25, 0.3) is 5.91 Å². The number of aryl methyl sites for hydroxylation is 1. The highest BCUT2D eigenvalue weighted by Crippen LogP contribution is 2.29. The average molecular weight is 527 g/mol. The lowest BCUT2D eigenvalue weighted by atomic mass is 10.00. The number of anilines is 1. The Bertz CT molecular complexity index is 1360. The quantitative estimate of drug-likeness (QED) is 0.458. The normalized spacial score (nSPS) is 22.2. The van der Waals surface area contributed by atoms with Crippen LogP contribution in [-0.4, -0.2) is 76.2 Å². The van der Waals surface area contributed by atoms with Crippen LogP contribution < -0.4 is 10.6 Å². The van der Waals surface area contributed by atoms with Crippen LogP contribution in [0.3, 0.4) is 0 Å². The number of ether oxygens (including phenoxy) is 1. The number of nitrogens with one attached hydrogen (secondary N) is 2. The highest BCUT2D eigenvalue weighted by molar-refractivity contribution is 5.95. The lowest BCUT2D eigenvalue weighted by Gasteiger charge is -2.43. The molecule has 2 aromatic heterocycles. The number of benzene rings is 1. The number of carbonyl (C=O) groups excluding carboxylic acids is 1. The van der Waals surface area contributed by atoms with Gasteiger partial charge < -0.3 is 15.4 Å². The van der Waals surface area contributed by atoms with Gasteiger partial charge in [0.1, 0.15) is 12.0 Å². The van der Waals surface area contributed by atoms with Crippen LogP contribution in [0.25, 0.3) is 16.8 Å². The minimum Gasteiger partial charge on any atom is -0.378 e. The number of aromatic nitrogens is 3. The molecule has 3 fully saturated rings. The SMILES string of the molecule is Cc1cc(F)c(C(=O)NC2CC2)cc1-n1cc(-c2cc(N[C@H]3CCN(C4COC4)C[C@H]3F)cnc2F)cn1. The maximum atomic E-state index is 14.9. The molecule has 11 heteroatoms. The van der Waals surface area contributed by atoms with E-state index in [1.54, 1.807) is 19.2 Å². The van der Waals surface area contributed by atoms with Gasteiger partial charge in [0.15, 0.2) is 0 Å². The molecule has 6 rings (SSSR count). The molecule has 4 heterocycles. The number of hydrogen-bond acceptors (Lipinski definition) is 6. The van der Waals surface area contributed by atoms with Crippen molar-refractivity contribution in [1.29, 1.82) is 0 Å². The number of hydrogen-bond donors (Lipinski definition) is 2. The van der Waals surface area contributed by atoms with Gasteiger partial charge in [-0.1, -0.05) is 0 Å². The third-order valence-corrected chi connectivity index (χ3v) is 7.48. The Labute approximate surface area is 218 Å². The molecule has 0 bridgehead atoms. The standard InChI is InChI=1S/C27H29F3N6O2/c1-15-6-22(28)21(27(37)34-17-2-3-17)8-25(15)36-11-16(9-32-36)20-7-18(10-31-26(20)30)33-24-4-5-35(12-23(24)29)19-13-38-14-19/h6-11,17,19,23-24,33H,2-5,12-14H2,1H3,(H,34,37)/t23-,24+/m1/s1. The highest BCUT2D eigenvalue weighted by Gasteiger charge is 2.35. The van der Waals surface area contributed by atoms with Crippen molar-refractivity contribution in [3.63, 3.8) is 0 Å². The van der Waals surface area contributed by atoms with E-state index >= 15 is 0 Å². The summed E-state index contributed by atoms with van der Waals surface area (Å²) in [6.45, 7) is 4.10. The van der Waals surface area contributed by atoms with Crippen LogP contribution in [-0.2, 0) is 4.74 Å². The van der Waals surface area contributed by atoms with Crippen LogP contribution in [0.2, 0.25) is 0 Å². The molecule has 1 saturated carbocycles. The van der Waals surface area contributed by atoms with Gasteiger partial charge in [-0.3, -0.25) is 9.69 Å². The fourth-order valence-corrected chi connectivity index (χ4v) is 4.97. The Kier molecular flexibility index (Phi) is 6.56. The van der Waals surface area contributed by atoms with Gasteiger partial charge in [-0.05, 0) is 49.9 Å². The summed E-state index contributed by atoms with van der Waals surface area (Å²) in [5.74, 6) is -1.76. The Balaban J connectivity index is 1.20. The molecule has 200 valence electrons. The second kappa shape index (κ2) is 10.0. The lowest BCUT2D eigenvalue weighted by Crippen LogP contribution is -2.57. The summed E-state index contributed by atoms with van der Waals surface area (Å²) in [5.41, 5.74) is 2.17. The van der Waals surface area contributed by atoms with Crippen LogP contribution >= 0.6 is 0 Å². The predicted molar refractivity (Wildman–Crippen MR) is 135 cm³/mol. The maximum absolute atomic E-state index is 14.9. The summed E-state index contributed by atoms with van der Waals surface area (Å²) in [4.78, 5) is 18.5. The number of nitrogens with zero attached hydrogens (tertiary/aromatic N) is 4. The molecule has 38 heavy (non-hydrogen) atoms. The highest BCUT2D eigenvalue weighted by atomic mass is 19.1. The molecular formula is C27H29F3N6O2. The van der Waals surface area contributed by atoms with Gasteiger partial charge in [0, 0.05) is 36.5 Å². The van der Waals surface area contributed by atoms with E-state index in [1.807, 2.05) is 0 Å². The predicted octanol–water partition coefficient (Wildman–Crippen LogP) is 3.64. The van der Waals surface area contributed by atoms with Crippen molar-refractivity contribution in [3.05, 3.63) is 59.7 Å². The zero-order valence-corrected chi connectivity index (χ0v) is 21.0. The maximum Gasteiger partial charge on any atom is 0.254 e. The number of carbonyl (C=O) groups is 1. The molecule has 0 radical (unpaired) electrons. The fraction of sp³-hybridized carbons (Fsp3) is 0.444. The number of alkyl halides is 1. The Morgan fingerprint density at radius 2 is 1.95 bits per heavy atom. The van der Waals surface area contributed by atoms with Crippen LogP contribution in [0.4, 0.5) is 18.9 Å². The van der Waals surface area contributed by atoms with Crippen molar-refractivity contribution < 1.29 is 22.7 Å². The van der Waals surface area contributed by atoms with E-state index in [-0.39, 0.29) is 17.2 Å². The summed E-state index contributed by atoms with van der Waals surface area (Å²) in [7, 11) is 0. The molecule has 1 aliphatic carbocycles. The first-order chi connectivity index (χ1) is 18.4. The Hall–Kier alpha value is -3.44.